The Bertz CT molecular complexity index is 1390. The summed E-state index contributed by atoms with van der Waals surface area (Å²) < 4.78 is 13.5. The number of esters is 1. The average molecular weight is 450 g/mol. The molecular formula is C24H23N3O4S. The molecule has 2 aliphatic rings. The number of thiazole rings is 1. The molecular weight excluding hydrogens is 426 g/mol. The van der Waals surface area contributed by atoms with Crippen molar-refractivity contribution >= 4 is 29.1 Å². The second-order valence-electron chi connectivity index (χ2n) is 8.31. The maximum absolute atomic E-state index is 13.5. The number of hydrogen-bond donors (Lipinski definition) is 0. The van der Waals surface area contributed by atoms with Crippen LogP contribution in [0.5, 0.6) is 5.75 Å². The van der Waals surface area contributed by atoms with E-state index < -0.39 is 23.7 Å². The summed E-state index contributed by atoms with van der Waals surface area (Å²) in [5.41, 5.74) is 1.44. The zero-order valence-electron chi connectivity index (χ0n) is 18.2. The first-order chi connectivity index (χ1) is 15.3. The Balaban J connectivity index is 1.72. The van der Waals surface area contributed by atoms with Crippen molar-refractivity contribution in [2.45, 2.75) is 18.7 Å². The quantitative estimate of drug-likeness (QED) is 0.572. The summed E-state index contributed by atoms with van der Waals surface area (Å²) in [5.74, 6) is -0.601. The summed E-state index contributed by atoms with van der Waals surface area (Å²) in [6, 6.07) is 14.9. The summed E-state index contributed by atoms with van der Waals surface area (Å²) in [6.07, 6.45) is 1.86. The topological polar surface area (TPSA) is 73.1 Å². The van der Waals surface area contributed by atoms with E-state index in [4.69, 9.17) is 14.5 Å². The molecule has 0 saturated heterocycles. The average Bonchev–Trinajstić information content (AvgIpc) is 3.06. The lowest BCUT2D eigenvalue weighted by atomic mass is 9.81. The van der Waals surface area contributed by atoms with E-state index in [9.17, 15) is 9.59 Å². The molecule has 0 unspecified atom stereocenters. The summed E-state index contributed by atoms with van der Waals surface area (Å²) >= 11 is 1.30. The van der Waals surface area contributed by atoms with Gasteiger partial charge in [0, 0.05) is 25.3 Å². The van der Waals surface area contributed by atoms with E-state index in [2.05, 4.69) is 0 Å². The van der Waals surface area contributed by atoms with Crippen molar-refractivity contribution in [3.63, 3.8) is 0 Å². The predicted octanol–water partition coefficient (Wildman–Crippen LogP) is 1.92. The first kappa shape index (κ1) is 20.5. The van der Waals surface area contributed by atoms with E-state index in [1.165, 1.54) is 18.4 Å². The lowest BCUT2D eigenvalue weighted by molar-refractivity contribution is -0.158. The van der Waals surface area contributed by atoms with Gasteiger partial charge in [-0.05, 0) is 36.8 Å². The van der Waals surface area contributed by atoms with Gasteiger partial charge in [-0.2, -0.15) is 0 Å². The van der Waals surface area contributed by atoms with Gasteiger partial charge in [-0.3, -0.25) is 14.2 Å². The molecule has 0 radical (unpaired) electrons. The fraction of sp³-hybridized carbons (Fsp3) is 0.292. The van der Waals surface area contributed by atoms with Gasteiger partial charge < -0.3 is 14.4 Å². The number of carbonyl (C=O) groups excluding carboxylic acids is 1. The number of hydrogen-bond acceptors (Lipinski definition) is 7. The molecule has 7 nitrogen and oxygen atoms in total. The second-order valence-corrected chi connectivity index (χ2v) is 9.32. The van der Waals surface area contributed by atoms with Gasteiger partial charge >= 0.3 is 5.97 Å². The maximum atomic E-state index is 13.5. The van der Waals surface area contributed by atoms with Crippen LogP contribution in [0, 0.1) is 5.92 Å². The number of benzene rings is 2. The Morgan fingerprint density at radius 1 is 1.22 bits per heavy atom. The van der Waals surface area contributed by atoms with Crippen LogP contribution >= 0.6 is 11.3 Å². The Hall–Kier alpha value is -3.39. The standard InChI is InChI=1S/C24H23N3O4S/c1-24-19(22(29)30-4)20(16-7-5-6-8-17(16)31-24)27-21(28)18(32-23(27)25-24)13-14-9-11-15(12-10-14)26(2)3/h5-13,19-20H,1-4H3/b18-13+/t19-,20+,24+/m0/s1. The molecule has 2 bridgehead atoms. The van der Waals surface area contributed by atoms with Crippen molar-refractivity contribution in [3.05, 3.63) is 79.3 Å². The SMILES string of the molecule is COC(=O)[C@@H]1[C@H]2c3ccccc3O[C@@]1(C)N=c1s/c(=C/c3ccc(N(C)C)cc3)c(=O)n12. The van der Waals surface area contributed by atoms with Crippen molar-refractivity contribution in [2.75, 3.05) is 26.1 Å². The largest absolute Gasteiger partial charge is 0.469 e. The summed E-state index contributed by atoms with van der Waals surface area (Å²) in [7, 11) is 5.31. The molecule has 3 atom stereocenters. The fourth-order valence-electron chi connectivity index (χ4n) is 4.45. The Labute approximate surface area is 188 Å². The molecule has 0 aliphatic carbocycles. The Morgan fingerprint density at radius 2 is 1.94 bits per heavy atom. The molecule has 0 saturated carbocycles. The molecule has 2 aromatic carbocycles. The second kappa shape index (κ2) is 7.34. The molecule has 1 aromatic heterocycles. The third kappa shape index (κ3) is 3.05. The molecule has 0 fully saturated rings. The normalized spacial score (nSPS) is 23.4. The Morgan fingerprint density at radius 3 is 2.62 bits per heavy atom. The number of fused-ring (bicyclic) bond motifs is 6. The lowest BCUT2D eigenvalue weighted by Gasteiger charge is -2.44. The van der Waals surface area contributed by atoms with Crippen LogP contribution in [0.25, 0.3) is 6.08 Å². The predicted molar refractivity (Wildman–Crippen MR) is 123 cm³/mol. The number of ether oxygens (including phenoxy) is 2. The summed E-state index contributed by atoms with van der Waals surface area (Å²) in [5, 5.41) is 0. The zero-order chi connectivity index (χ0) is 22.6. The number of anilines is 1. The van der Waals surface area contributed by atoms with E-state index in [0.29, 0.717) is 15.1 Å². The molecule has 2 aliphatic heterocycles. The highest BCUT2D eigenvalue weighted by atomic mass is 32.1. The van der Waals surface area contributed by atoms with E-state index in [0.717, 1.165) is 16.8 Å². The monoisotopic (exact) mass is 449 g/mol. The minimum Gasteiger partial charge on any atom is -0.469 e. The number of carbonyl (C=O) groups is 1. The molecule has 5 rings (SSSR count). The lowest BCUT2D eigenvalue weighted by Crippen LogP contribution is -2.58. The number of nitrogens with zero attached hydrogens (tertiary/aromatic N) is 3. The van der Waals surface area contributed by atoms with Crippen LogP contribution in [0.3, 0.4) is 0 Å². The van der Waals surface area contributed by atoms with E-state index in [1.54, 1.807) is 11.5 Å². The van der Waals surface area contributed by atoms with Crippen molar-refractivity contribution in [2.24, 2.45) is 10.9 Å². The molecule has 164 valence electrons. The van der Waals surface area contributed by atoms with Crippen LogP contribution in [0.15, 0.2) is 58.3 Å². The maximum Gasteiger partial charge on any atom is 0.317 e. The van der Waals surface area contributed by atoms with Gasteiger partial charge in [0.25, 0.3) is 5.56 Å². The molecule has 8 heteroatoms. The van der Waals surface area contributed by atoms with Crippen LogP contribution < -0.4 is 24.5 Å². The smallest absolute Gasteiger partial charge is 0.317 e. The summed E-state index contributed by atoms with van der Waals surface area (Å²) in [6.45, 7) is 1.77. The molecule has 0 amide bonds. The van der Waals surface area contributed by atoms with Gasteiger partial charge in [0.15, 0.2) is 4.80 Å². The number of rotatable bonds is 3. The van der Waals surface area contributed by atoms with Gasteiger partial charge in [-0.25, -0.2) is 4.99 Å². The van der Waals surface area contributed by atoms with Gasteiger partial charge in [0.1, 0.15) is 11.7 Å². The number of methoxy groups -OCH3 is 1. The number of aromatic nitrogens is 1. The third-order valence-electron chi connectivity index (χ3n) is 6.04. The van der Waals surface area contributed by atoms with E-state index in [1.807, 2.05) is 73.6 Å². The van der Waals surface area contributed by atoms with Crippen LogP contribution in [-0.2, 0) is 9.53 Å². The summed E-state index contributed by atoms with van der Waals surface area (Å²) in [4.78, 5) is 33.7. The van der Waals surface area contributed by atoms with Crippen LogP contribution in [0.4, 0.5) is 5.69 Å². The third-order valence-corrected chi connectivity index (χ3v) is 7.03. The van der Waals surface area contributed by atoms with Crippen molar-refractivity contribution < 1.29 is 14.3 Å². The van der Waals surface area contributed by atoms with E-state index in [-0.39, 0.29) is 5.56 Å². The van der Waals surface area contributed by atoms with Crippen molar-refractivity contribution in [1.82, 2.24) is 4.57 Å². The minimum atomic E-state index is -1.16. The molecule has 32 heavy (non-hydrogen) atoms. The van der Waals surface area contributed by atoms with Crippen LogP contribution in [0.2, 0.25) is 0 Å². The number of para-hydroxylation sites is 1. The highest BCUT2D eigenvalue weighted by molar-refractivity contribution is 7.07. The molecule has 0 N–H and O–H groups in total. The van der Waals surface area contributed by atoms with Gasteiger partial charge in [0.05, 0.1) is 17.7 Å². The first-order valence-electron chi connectivity index (χ1n) is 10.3. The highest BCUT2D eigenvalue weighted by Crippen LogP contribution is 2.47. The highest BCUT2D eigenvalue weighted by Gasteiger charge is 2.55. The molecule has 0 spiro atoms. The fourth-order valence-corrected chi connectivity index (χ4v) is 5.55. The van der Waals surface area contributed by atoms with Gasteiger partial charge in [0.2, 0.25) is 5.72 Å². The molecule has 3 aromatic rings. The Kier molecular flexibility index (Phi) is 4.70. The van der Waals surface area contributed by atoms with Crippen LogP contribution in [0.1, 0.15) is 24.1 Å². The van der Waals surface area contributed by atoms with Crippen molar-refractivity contribution in [3.8, 4) is 5.75 Å². The van der Waals surface area contributed by atoms with E-state index >= 15 is 0 Å². The van der Waals surface area contributed by atoms with Crippen LogP contribution in [-0.4, -0.2) is 37.5 Å². The zero-order valence-corrected chi connectivity index (χ0v) is 19.1. The first-order valence-corrected chi connectivity index (χ1v) is 11.1. The minimum absolute atomic E-state index is 0.178. The van der Waals surface area contributed by atoms with Gasteiger partial charge in [-0.15, -0.1) is 0 Å². The molecule has 3 heterocycles. The van der Waals surface area contributed by atoms with Gasteiger partial charge in [-0.1, -0.05) is 41.7 Å². The van der Waals surface area contributed by atoms with Crippen molar-refractivity contribution in [1.29, 1.82) is 0 Å².